The first-order chi connectivity index (χ1) is 9.02. The summed E-state index contributed by atoms with van der Waals surface area (Å²) < 4.78 is 67.0. The molecule has 0 aromatic carbocycles. The van der Waals surface area contributed by atoms with Crippen LogP contribution in [0.4, 0.5) is 22.0 Å². The first-order valence-corrected chi connectivity index (χ1v) is 5.49. The molecule has 0 unspecified atom stereocenters. The highest BCUT2D eigenvalue weighted by Crippen LogP contribution is 2.37. The molecule has 0 N–H and O–H groups in total. The van der Waals surface area contributed by atoms with Crippen LogP contribution in [0.5, 0.6) is 5.75 Å². The topological polar surface area (TPSA) is 39.2 Å². The molecule has 0 aliphatic rings. The minimum atomic E-state index is -5.91. The number of ether oxygens (including phenoxy) is 1. The number of Topliss-reactive ketones (excluding diaryl/α,β-unsaturated/α-hetero) is 1. The number of nitrogens with zero attached hydrogens (tertiary/aromatic N) is 1. The molecule has 0 bridgehead atoms. The lowest BCUT2D eigenvalue weighted by atomic mass is 10.0. The van der Waals surface area contributed by atoms with Gasteiger partial charge >= 0.3 is 12.1 Å². The van der Waals surface area contributed by atoms with Crippen molar-refractivity contribution in [3.63, 3.8) is 0 Å². The van der Waals surface area contributed by atoms with E-state index in [0.29, 0.717) is 11.3 Å². The van der Waals surface area contributed by atoms with Crippen LogP contribution in [0.3, 0.4) is 0 Å². The van der Waals surface area contributed by atoms with Crippen molar-refractivity contribution in [1.82, 2.24) is 4.98 Å². The summed E-state index contributed by atoms with van der Waals surface area (Å²) in [6, 6.07) is 0. The van der Waals surface area contributed by atoms with Gasteiger partial charge < -0.3 is 4.74 Å². The van der Waals surface area contributed by atoms with Gasteiger partial charge in [-0.25, -0.2) is 0 Å². The highest BCUT2D eigenvalue weighted by atomic mass is 19.4. The molecule has 20 heavy (non-hydrogen) atoms. The summed E-state index contributed by atoms with van der Waals surface area (Å²) in [7, 11) is 1.32. The van der Waals surface area contributed by atoms with Crippen LogP contribution in [-0.2, 0) is 11.2 Å². The van der Waals surface area contributed by atoms with E-state index < -0.39 is 24.3 Å². The van der Waals surface area contributed by atoms with Crippen LogP contribution in [-0.4, -0.2) is 30.0 Å². The van der Waals surface area contributed by atoms with Crippen molar-refractivity contribution < 1.29 is 31.5 Å². The van der Waals surface area contributed by atoms with Crippen LogP contribution >= 0.6 is 0 Å². The van der Waals surface area contributed by atoms with Gasteiger partial charge in [0.2, 0.25) is 5.78 Å². The Morgan fingerprint density at radius 2 is 1.80 bits per heavy atom. The summed E-state index contributed by atoms with van der Waals surface area (Å²) in [5.74, 6) is -7.33. The lowest BCUT2D eigenvalue weighted by Gasteiger charge is -2.18. The standard InChI is InChI=1S/C12H12F5NO2/c1-6-5-18-8(7(2)10(6)20-3)4-9(19)11(13,14)12(15,16)17/h5H,4H2,1-3H3. The van der Waals surface area contributed by atoms with Crippen LogP contribution < -0.4 is 4.74 Å². The van der Waals surface area contributed by atoms with Crippen molar-refractivity contribution in [1.29, 1.82) is 0 Å². The van der Waals surface area contributed by atoms with Gasteiger partial charge in [0.15, 0.2) is 0 Å². The number of hydrogen-bond acceptors (Lipinski definition) is 3. The predicted octanol–water partition coefficient (Wildman–Crippen LogP) is 3.02. The monoisotopic (exact) mass is 297 g/mol. The Kier molecular flexibility index (Phi) is 4.36. The van der Waals surface area contributed by atoms with Gasteiger partial charge in [0.1, 0.15) is 5.75 Å². The molecule has 3 nitrogen and oxygen atoms in total. The van der Waals surface area contributed by atoms with Crippen LogP contribution in [0.2, 0.25) is 0 Å². The number of aromatic nitrogens is 1. The molecule has 1 heterocycles. The molecule has 0 atom stereocenters. The predicted molar refractivity (Wildman–Crippen MR) is 60.0 cm³/mol. The molecule has 1 aromatic heterocycles. The van der Waals surface area contributed by atoms with Crippen molar-refractivity contribution in [2.24, 2.45) is 0 Å². The molecule has 112 valence electrons. The minimum absolute atomic E-state index is 0.165. The third-order valence-corrected chi connectivity index (χ3v) is 2.78. The van der Waals surface area contributed by atoms with Crippen molar-refractivity contribution in [3.05, 3.63) is 23.0 Å². The summed E-state index contributed by atoms with van der Waals surface area (Å²) in [4.78, 5) is 14.9. The molecule has 0 aliphatic heterocycles. The Bertz CT molecular complexity index is 525. The summed E-state index contributed by atoms with van der Waals surface area (Å²) in [6.07, 6.45) is -5.78. The van der Waals surface area contributed by atoms with Crippen LogP contribution in [0, 0.1) is 13.8 Å². The number of carbonyl (C=O) groups is 1. The van der Waals surface area contributed by atoms with Gasteiger partial charge in [-0.2, -0.15) is 22.0 Å². The van der Waals surface area contributed by atoms with Crippen molar-refractivity contribution in [2.75, 3.05) is 7.11 Å². The molecular formula is C12H12F5NO2. The molecule has 1 rings (SSSR count). The zero-order chi connectivity index (χ0) is 15.7. The Morgan fingerprint density at radius 3 is 2.25 bits per heavy atom. The highest BCUT2D eigenvalue weighted by molar-refractivity contribution is 5.88. The molecule has 8 heteroatoms. The number of rotatable bonds is 4. The summed E-state index contributed by atoms with van der Waals surface area (Å²) in [5, 5.41) is 0. The van der Waals surface area contributed by atoms with Crippen LogP contribution in [0.25, 0.3) is 0 Å². The Labute approximate surface area is 111 Å². The maximum atomic E-state index is 12.9. The van der Waals surface area contributed by atoms with Gasteiger partial charge in [0.25, 0.3) is 0 Å². The number of ketones is 1. The lowest BCUT2D eigenvalue weighted by Crippen LogP contribution is -2.45. The maximum Gasteiger partial charge on any atom is 0.461 e. The van der Waals surface area contributed by atoms with E-state index in [-0.39, 0.29) is 11.3 Å². The summed E-state index contributed by atoms with van der Waals surface area (Å²) in [6.45, 7) is 3.07. The molecule has 0 spiro atoms. The smallest absolute Gasteiger partial charge is 0.461 e. The fraction of sp³-hybridized carbons (Fsp3) is 0.500. The van der Waals surface area contributed by atoms with E-state index in [2.05, 4.69) is 4.98 Å². The van der Waals surface area contributed by atoms with Crippen molar-refractivity contribution in [2.45, 2.75) is 32.4 Å². The average Bonchev–Trinajstić information content (AvgIpc) is 2.31. The zero-order valence-electron chi connectivity index (χ0n) is 10.9. The number of hydrogen-bond donors (Lipinski definition) is 0. The second-order valence-corrected chi connectivity index (χ2v) is 4.22. The number of pyridine rings is 1. The second-order valence-electron chi connectivity index (χ2n) is 4.22. The molecular weight excluding hydrogens is 285 g/mol. The van der Waals surface area contributed by atoms with E-state index in [1.165, 1.54) is 20.2 Å². The maximum absolute atomic E-state index is 12.9. The van der Waals surface area contributed by atoms with E-state index in [0.717, 1.165) is 0 Å². The van der Waals surface area contributed by atoms with Gasteiger partial charge in [0.05, 0.1) is 19.2 Å². The normalized spacial score (nSPS) is 12.4. The molecule has 0 saturated heterocycles. The average molecular weight is 297 g/mol. The third kappa shape index (κ3) is 2.88. The lowest BCUT2D eigenvalue weighted by molar-refractivity contribution is -0.268. The first-order valence-electron chi connectivity index (χ1n) is 5.49. The van der Waals surface area contributed by atoms with Gasteiger partial charge in [-0.1, -0.05) is 0 Å². The summed E-state index contributed by atoms with van der Waals surface area (Å²) in [5.41, 5.74) is 0.684. The van der Waals surface area contributed by atoms with Gasteiger partial charge in [-0.15, -0.1) is 0 Å². The fourth-order valence-corrected chi connectivity index (χ4v) is 1.67. The molecule has 0 fully saturated rings. The number of halogens is 5. The number of methoxy groups -OCH3 is 1. The molecule has 0 saturated carbocycles. The molecule has 0 amide bonds. The Morgan fingerprint density at radius 1 is 1.25 bits per heavy atom. The van der Waals surface area contributed by atoms with E-state index in [1.807, 2.05) is 0 Å². The third-order valence-electron chi connectivity index (χ3n) is 2.78. The first kappa shape index (κ1) is 16.3. The molecule has 1 aromatic rings. The summed E-state index contributed by atoms with van der Waals surface area (Å²) >= 11 is 0. The molecule has 0 radical (unpaired) electrons. The minimum Gasteiger partial charge on any atom is -0.496 e. The fourth-order valence-electron chi connectivity index (χ4n) is 1.67. The number of alkyl halides is 5. The van der Waals surface area contributed by atoms with E-state index in [9.17, 15) is 26.7 Å². The van der Waals surface area contributed by atoms with Gasteiger partial charge in [-0.3, -0.25) is 9.78 Å². The Hall–Kier alpha value is -1.73. The van der Waals surface area contributed by atoms with E-state index >= 15 is 0 Å². The highest BCUT2D eigenvalue weighted by Gasteiger charge is 2.62. The van der Waals surface area contributed by atoms with Crippen molar-refractivity contribution >= 4 is 5.78 Å². The quantitative estimate of drug-likeness (QED) is 0.802. The zero-order valence-corrected chi connectivity index (χ0v) is 10.9. The van der Waals surface area contributed by atoms with Crippen LogP contribution in [0.15, 0.2) is 6.20 Å². The largest absolute Gasteiger partial charge is 0.496 e. The number of carbonyl (C=O) groups excluding carboxylic acids is 1. The van der Waals surface area contributed by atoms with E-state index in [1.54, 1.807) is 6.92 Å². The van der Waals surface area contributed by atoms with Gasteiger partial charge in [-0.05, 0) is 13.8 Å². The SMILES string of the molecule is COc1c(C)cnc(CC(=O)C(F)(F)C(F)(F)F)c1C. The Balaban J connectivity index is 3.10. The second kappa shape index (κ2) is 5.34. The van der Waals surface area contributed by atoms with E-state index in [4.69, 9.17) is 4.74 Å². The van der Waals surface area contributed by atoms with Gasteiger partial charge in [0, 0.05) is 17.3 Å². The van der Waals surface area contributed by atoms with Crippen molar-refractivity contribution in [3.8, 4) is 5.75 Å². The molecule has 0 aliphatic carbocycles. The number of aryl methyl sites for hydroxylation is 1. The van der Waals surface area contributed by atoms with Crippen LogP contribution in [0.1, 0.15) is 16.8 Å².